The van der Waals surface area contributed by atoms with Crippen molar-refractivity contribution in [1.82, 2.24) is 24.4 Å². The third-order valence-corrected chi connectivity index (χ3v) is 8.07. The normalized spacial score (nSPS) is 18.2. The lowest BCUT2D eigenvalue weighted by atomic mass is 10.2. The predicted molar refractivity (Wildman–Crippen MR) is 123 cm³/mol. The molecule has 0 aliphatic carbocycles. The molecule has 12 heteroatoms. The van der Waals surface area contributed by atoms with Gasteiger partial charge in [0.25, 0.3) is 0 Å². The molecule has 34 heavy (non-hydrogen) atoms. The minimum atomic E-state index is -4.33. The van der Waals surface area contributed by atoms with Crippen molar-refractivity contribution in [3.63, 3.8) is 0 Å². The second kappa shape index (κ2) is 10.2. The van der Waals surface area contributed by atoms with Gasteiger partial charge in [-0.2, -0.15) is 4.31 Å². The highest BCUT2D eigenvalue weighted by Gasteiger charge is 2.34. The third-order valence-electron chi connectivity index (χ3n) is 6.12. The summed E-state index contributed by atoms with van der Waals surface area (Å²) in [6, 6.07) is 6.46. The summed E-state index contributed by atoms with van der Waals surface area (Å²) in [6.07, 6.45) is 1.74. The minimum Gasteiger partial charge on any atom is -0.354 e. The smallest absolute Gasteiger partial charge is 0.317 e. The number of nitrogens with zero attached hydrogens (tertiary/aromatic N) is 5. The molecule has 0 spiro atoms. The molecule has 0 saturated carbocycles. The number of carbonyl (C=O) groups excluding carboxylic acids is 1. The fourth-order valence-electron chi connectivity index (χ4n) is 4.02. The van der Waals surface area contributed by atoms with E-state index in [-0.39, 0.29) is 38.8 Å². The molecule has 184 valence electrons. The maximum atomic E-state index is 14.0. The summed E-state index contributed by atoms with van der Waals surface area (Å²) < 4.78 is 54.3. The van der Waals surface area contributed by atoms with Crippen molar-refractivity contribution in [2.24, 2.45) is 0 Å². The lowest BCUT2D eigenvalue weighted by Gasteiger charge is -2.34. The summed E-state index contributed by atoms with van der Waals surface area (Å²) in [4.78, 5) is 22.1. The SMILES string of the molecule is CN1CCN(c2ccc(CNC(=O)N3CCN(S(=O)(=O)c4c(F)cccc4F)CC3)cn2)CC1. The molecule has 0 bridgehead atoms. The van der Waals surface area contributed by atoms with Gasteiger partial charge in [0.15, 0.2) is 4.90 Å². The molecule has 1 aromatic heterocycles. The van der Waals surface area contributed by atoms with E-state index in [1.807, 2.05) is 12.1 Å². The molecule has 1 N–H and O–H groups in total. The van der Waals surface area contributed by atoms with Crippen LogP contribution in [0.3, 0.4) is 0 Å². The van der Waals surface area contributed by atoms with Crippen LogP contribution in [0.1, 0.15) is 5.56 Å². The maximum Gasteiger partial charge on any atom is 0.317 e. The van der Waals surface area contributed by atoms with Crippen LogP contribution in [0.25, 0.3) is 0 Å². The Bertz CT molecular complexity index is 1100. The van der Waals surface area contributed by atoms with Gasteiger partial charge in [-0.25, -0.2) is 27.0 Å². The minimum absolute atomic E-state index is 0.0508. The van der Waals surface area contributed by atoms with Crippen LogP contribution >= 0.6 is 0 Å². The Kier molecular flexibility index (Phi) is 7.29. The van der Waals surface area contributed by atoms with Crippen molar-refractivity contribution in [3.05, 3.63) is 53.7 Å². The number of nitrogens with one attached hydrogen (secondary N) is 1. The zero-order valence-electron chi connectivity index (χ0n) is 19.0. The predicted octanol–water partition coefficient (Wildman–Crippen LogP) is 1.33. The van der Waals surface area contributed by atoms with E-state index in [4.69, 9.17) is 0 Å². The zero-order valence-corrected chi connectivity index (χ0v) is 19.8. The van der Waals surface area contributed by atoms with Gasteiger partial charge < -0.3 is 20.0 Å². The van der Waals surface area contributed by atoms with Crippen LogP contribution in [0.5, 0.6) is 0 Å². The van der Waals surface area contributed by atoms with E-state index in [0.29, 0.717) is 0 Å². The number of amides is 2. The summed E-state index contributed by atoms with van der Waals surface area (Å²) in [7, 11) is -2.24. The molecule has 2 aliphatic rings. The molecule has 1 aromatic carbocycles. The van der Waals surface area contributed by atoms with Crippen LogP contribution in [0.4, 0.5) is 19.4 Å². The molecule has 2 saturated heterocycles. The number of aromatic nitrogens is 1. The Morgan fingerprint density at radius 2 is 1.62 bits per heavy atom. The summed E-state index contributed by atoms with van der Waals surface area (Å²) in [5.41, 5.74) is 0.850. The number of carbonyl (C=O) groups is 1. The van der Waals surface area contributed by atoms with E-state index >= 15 is 0 Å². The highest BCUT2D eigenvalue weighted by Crippen LogP contribution is 2.23. The Labute approximate surface area is 198 Å². The van der Waals surface area contributed by atoms with Crippen molar-refractivity contribution < 1.29 is 22.0 Å². The van der Waals surface area contributed by atoms with Crippen LogP contribution in [0.15, 0.2) is 41.4 Å². The van der Waals surface area contributed by atoms with E-state index in [0.717, 1.165) is 60.1 Å². The van der Waals surface area contributed by atoms with E-state index in [9.17, 15) is 22.0 Å². The molecule has 2 amide bonds. The van der Waals surface area contributed by atoms with Crippen molar-refractivity contribution in [2.75, 3.05) is 64.3 Å². The number of likely N-dealkylation sites (N-methyl/N-ethyl adjacent to an activating group) is 1. The average molecular weight is 495 g/mol. The Balaban J connectivity index is 1.28. The first-order chi connectivity index (χ1) is 16.3. The van der Waals surface area contributed by atoms with Crippen molar-refractivity contribution in [2.45, 2.75) is 11.4 Å². The van der Waals surface area contributed by atoms with Crippen LogP contribution in [-0.2, 0) is 16.6 Å². The molecule has 9 nitrogen and oxygen atoms in total. The largest absolute Gasteiger partial charge is 0.354 e. The van der Waals surface area contributed by atoms with Crippen LogP contribution < -0.4 is 10.2 Å². The Hall–Kier alpha value is -2.83. The van der Waals surface area contributed by atoms with Gasteiger partial charge in [0.1, 0.15) is 17.5 Å². The molecule has 0 radical (unpaired) electrons. The van der Waals surface area contributed by atoms with Crippen LogP contribution in [0, 0.1) is 11.6 Å². The number of benzene rings is 1. The van der Waals surface area contributed by atoms with Crippen LogP contribution in [0.2, 0.25) is 0 Å². The van der Waals surface area contributed by atoms with Gasteiger partial charge in [-0.1, -0.05) is 12.1 Å². The van der Waals surface area contributed by atoms with Gasteiger partial charge >= 0.3 is 6.03 Å². The molecular weight excluding hydrogens is 466 g/mol. The first-order valence-electron chi connectivity index (χ1n) is 11.1. The Morgan fingerprint density at radius 1 is 0.971 bits per heavy atom. The highest BCUT2D eigenvalue weighted by molar-refractivity contribution is 7.89. The van der Waals surface area contributed by atoms with Gasteiger partial charge in [-0.05, 0) is 30.8 Å². The molecular formula is C22H28F2N6O3S. The first kappa shape index (κ1) is 24.3. The van der Waals surface area contributed by atoms with Gasteiger partial charge in [0, 0.05) is 65.1 Å². The molecule has 2 aliphatic heterocycles. The third kappa shape index (κ3) is 5.29. The van der Waals surface area contributed by atoms with E-state index in [1.54, 1.807) is 6.20 Å². The zero-order chi connectivity index (χ0) is 24.3. The number of pyridine rings is 1. The van der Waals surface area contributed by atoms with Gasteiger partial charge in [0.2, 0.25) is 10.0 Å². The van der Waals surface area contributed by atoms with E-state index in [2.05, 4.69) is 27.1 Å². The van der Waals surface area contributed by atoms with Gasteiger partial charge in [-0.15, -0.1) is 0 Å². The number of halogens is 2. The topological polar surface area (TPSA) is 89.1 Å². The standard InChI is InChI=1S/C22H28F2N6O3S/c1-27-7-9-28(10-8-27)20-6-5-17(15-25-20)16-26-22(31)29-11-13-30(14-12-29)34(32,33)21-18(23)3-2-4-19(21)24/h2-6,15H,7-14,16H2,1H3,(H,26,31). The molecule has 2 fully saturated rings. The molecule has 4 rings (SSSR count). The summed E-state index contributed by atoms with van der Waals surface area (Å²) in [6.45, 7) is 4.23. The van der Waals surface area contributed by atoms with Gasteiger partial charge in [-0.3, -0.25) is 0 Å². The van der Waals surface area contributed by atoms with Crippen molar-refractivity contribution in [3.8, 4) is 0 Å². The summed E-state index contributed by atoms with van der Waals surface area (Å²) >= 11 is 0. The lowest BCUT2D eigenvalue weighted by molar-refractivity contribution is 0.171. The highest BCUT2D eigenvalue weighted by atomic mass is 32.2. The van der Waals surface area contributed by atoms with Crippen molar-refractivity contribution >= 4 is 21.9 Å². The average Bonchev–Trinajstić information content (AvgIpc) is 2.83. The van der Waals surface area contributed by atoms with E-state index in [1.165, 1.54) is 4.90 Å². The number of anilines is 1. The fraction of sp³-hybridized carbons (Fsp3) is 0.455. The number of rotatable bonds is 5. The molecule has 2 aromatic rings. The molecule has 0 unspecified atom stereocenters. The lowest BCUT2D eigenvalue weighted by Crippen LogP contribution is -2.53. The molecule has 3 heterocycles. The number of hydrogen-bond donors (Lipinski definition) is 1. The maximum absolute atomic E-state index is 14.0. The molecule has 0 atom stereocenters. The van der Waals surface area contributed by atoms with Gasteiger partial charge in [0.05, 0.1) is 0 Å². The fourth-order valence-corrected chi connectivity index (χ4v) is 5.55. The summed E-state index contributed by atoms with van der Waals surface area (Å²) in [5.74, 6) is -1.35. The quantitative estimate of drug-likeness (QED) is 0.675. The second-order valence-electron chi connectivity index (χ2n) is 8.42. The first-order valence-corrected chi connectivity index (χ1v) is 12.5. The number of piperazine rings is 2. The number of sulfonamides is 1. The summed E-state index contributed by atoms with van der Waals surface area (Å²) in [5, 5.41) is 2.82. The van der Waals surface area contributed by atoms with Crippen molar-refractivity contribution in [1.29, 1.82) is 0 Å². The second-order valence-corrected chi connectivity index (χ2v) is 10.3. The number of hydrogen-bond acceptors (Lipinski definition) is 6. The van der Waals surface area contributed by atoms with E-state index < -0.39 is 26.6 Å². The monoisotopic (exact) mass is 494 g/mol. The number of urea groups is 1. The Morgan fingerprint density at radius 3 is 2.21 bits per heavy atom. The van der Waals surface area contributed by atoms with Crippen LogP contribution in [-0.4, -0.2) is 92.9 Å².